The Labute approximate surface area is 133 Å². The zero-order valence-corrected chi connectivity index (χ0v) is 13.0. The van der Waals surface area contributed by atoms with Gasteiger partial charge in [-0.25, -0.2) is 0 Å². The molecular formula is C15H18N4O2S. The Balaban J connectivity index is 1.51. The fourth-order valence-electron chi connectivity index (χ4n) is 2.30. The molecule has 1 fully saturated rings. The van der Waals surface area contributed by atoms with Gasteiger partial charge in [-0.05, 0) is 25.0 Å². The number of ether oxygens (including phenoxy) is 1. The lowest BCUT2D eigenvalue weighted by Crippen LogP contribution is -2.32. The monoisotopic (exact) mass is 318 g/mol. The normalized spacial score (nSPS) is 17.5. The predicted molar refractivity (Wildman–Crippen MR) is 84.1 cm³/mol. The number of hydrogen-bond donors (Lipinski definition) is 1. The molecule has 0 radical (unpaired) electrons. The summed E-state index contributed by atoms with van der Waals surface area (Å²) in [7, 11) is 0. The van der Waals surface area contributed by atoms with E-state index in [1.165, 1.54) is 11.8 Å². The quantitative estimate of drug-likeness (QED) is 0.820. The first kappa shape index (κ1) is 15.1. The minimum atomic E-state index is -0.0110. The summed E-state index contributed by atoms with van der Waals surface area (Å²) in [5.41, 5.74) is 0.981. The Kier molecular flexibility index (Phi) is 5.07. The number of hydrogen-bond acceptors (Lipinski definition) is 5. The van der Waals surface area contributed by atoms with Gasteiger partial charge in [-0.3, -0.25) is 9.36 Å². The van der Waals surface area contributed by atoms with Crippen LogP contribution >= 0.6 is 11.8 Å². The second-order valence-electron chi connectivity index (χ2n) is 5.05. The van der Waals surface area contributed by atoms with E-state index in [9.17, 15) is 4.79 Å². The maximum Gasteiger partial charge on any atom is 0.230 e. The van der Waals surface area contributed by atoms with Crippen LogP contribution in [0.1, 0.15) is 12.8 Å². The number of benzene rings is 1. The first-order valence-electron chi connectivity index (χ1n) is 7.29. The minimum Gasteiger partial charge on any atom is -0.376 e. The summed E-state index contributed by atoms with van der Waals surface area (Å²) in [4.78, 5) is 11.9. The van der Waals surface area contributed by atoms with Gasteiger partial charge in [0.2, 0.25) is 5.91 Å². The van der Waals surface area contributed by atoms with Gasteiger partial charge in [-0.2, -0.15) is 0 Å². The number of para-hydroxylation sites is 1. The number of thioether (sulfide) groups is 1. The smallest absolute Gasteiger partial charge is 0.230 e. The fraction of sp³-hybridized carbons (Fsp3) is 0.400. The molecule has 7 heteroatoms. The standard InChI is InChI=1S/C15H18N4O2S/c20-14(16-9-13-7-4-8-21-13)10-22-15-18-17-11-19(15)12-5-2-1-3-6-12/h1-3,5-6,11,13H,4,7-10H2,(H,16,20). The first-order valence-corrected chi connectivity index (χ1v) is 8.28. The number of nitrogens with one attached hydrogen (secondary N) is 1. The maximum absolute atomic E-state index is 11.9. The van der Waals surface area contributed by atoms with Crippen LogP contribution in [0.3, 0.4) is 0 Å². The van der Waals surface area contributed by atoms with Crippen molar-refractivity contribution < 1.29 is 9.53 Å². The third kappa shape index (κ3) is 3.86. The highest BCUT2D eigenvalue weighted by atomic mass is 32.2. The summed E-state index contributed by atoms with van der Waals surface area (Å²) in [5, 5.41) is 11.6. The molecule has 0 bridgehead atoms. The van der Waals surface area contributed by atoms with Crippen LogP contribution in [0.4, 0.5) is 0 Å². The zero-order valence-electron chi connectivity index (χ0n) is 12.1. The molecule has 1 aromatic heterocycles. The van der Waals surface area contributed by atoms with Crippen LogP contribution in [0.25, 0.3) is 5.69 Å². The summed E-state index contributed by atoms with van der Waals surface area (Å²) in [6, 6.07) is 9.82. The number of aromatic nitrogens is 3. The predicted octanol–water partition coefficient (Wildman–Crippen LogP) is 1.65. The molecule has 0 saturated carbocycles. The summed E-state index contributed by atoms with van der Waals surface area (Å²) in [6.45, 7) is 1.39. The molecule has 1 atom stereocenters. The SMILES string of the molecule is O=C(CSc1nncn1-c1ccccc1)NCC1CCCO1. The fourth-order valence-corrected chi connectivity index (χ4v) is 3.06. The largest absolute Gasteiger partial charge is 0.376 e. The molecular weight excluding hydrogens is 300 g/mol. The lowest BCUT2D eigenvalue weighted by atomic mass is 10.2. The van der Waals surface area contributed by atoms with Gasteiger partial charge in [0.15, 0.2) is 5.16 Å². The van der Waals surface area contributed by atoms with E-state index >= 15 is 0 Å². The highest BCUT2D eigenvalue weighted by Crippen LogP contribution is 2.19. The maximum atomic E-state index is 11.9. The number of carbonyl (C=O) groups excluding carboxylic acids is 1. The van der Waals surface area contributed by atoms with Crippen molar-refractivity contribution in [1.29, 1.82) is 0 Å². The van der Waals surface area contributed by atoms with Crippen molar-refractivity contribution in [3.8, 4) is 5.69 Å². The zero-order chi connectivity index (χ0) is 15.2. The van der Waals surface area contributed by atoms with Gasteiger partial charge < -0.3 is 10.1 Å². The highest BCUT2D eigenvalue weighted by Gasteiger charge is 2.16. The molecule has 2 heterocycles. The van der Waals surface area contributed by atoms with Gasteiger partial charge in [0.05, 0.1) is 11.9 Å². The molecule has 1 aromatic carbocycles. The number of rotatable bonds is 6. The molecule has 0 spiro atoms. The van der Waals surface area contributed by atoms with Crippen LogP contribution in [-0.2, 0) is 9.53 Å². The van der Waals surface area contributed by atoms with Crippen molar-refractivity contribution in [3.05, 3.63) is 36.7 Å². The van der Waals surface area contributed by atoms with Gasteiger partial charge in [0.1, 0.15) is 6.33 Å². The van der Waals surface area contributed by atoms with Gasteiger partial charge in [-0.1, -0.05) is 30.0 Å². The van der Waals surface area contributed by atoms with E-state index in [0.717, 1.165) is 25.1 Å². The Bertz CT molecular complexity index is 611. The van der Waals surface area contributed by atoms with E-state index < -0.39 is 0 Å². The minimum absolute atomic E-state index is 0.0110. The molecule has 3 rings (SSSR count). The highest BCUT2D eigenvalue weighted by molar-refractivity contribution is 7.99. The van der Waals surface area contributed by atoms with Crippen molar-refractivity contribution in [2.45, 2.75) is 24.1 Å². The first-order chi connectivity index (χ1) is 10.8. The van der Waals surface area contributed by atoms with Crippen LogP contribution in [0, 0.1) is 0 Å². The third-order valence-electron chi connectivity index (χ3n) is 3.43. The van der Waals surface area contributed by atoms with Gasteiger partial charge in [-0.15, -0.1) is 10.2 Å². The van der Waals surface area contributed by atoms with Gasteiger partial charge >= 0.3 is 0 Å². The summed E-state index contributed by atoms with van der Waals surface area (Å²) < 4.78 is 7.36. The molecule has 1 amide bonds. The van der Waals surface area contributed by atoms with Gasteiger partial charge in [0, 0.05) is 18.8 Å². The van der Waals surface area contributed by atoms with Crippen LogP contribution in [0.2, 0.25) is 0 Å². The number of nitrogens with zero attached hydrogens (tertiary/aromatic N) is 3. The summed E-state index contributed by atoms with van der Waals surface area (Å²) in [5.74, 6) is 0.307. The van der Waals surface area contributed by atoms with E-state index in [1.807, 2.05) is 34.9 Å². The van der Waals surface area contributed by atoms with E-state index in [-0.39, 0.29) is 12.0 Å². The van der Waals surface area contributed by atoms with Crippen LogP contribution in [0.15, 0.2) is 41.8 Å². The topological polar surface area (TPSA) is 69.0 Å². The molecule has 6 nitrogen and oxygen atoms in total. The lowest BCUT2D eigenvalue weighted by molar-refractivity contribution is -0.119. The molecule has 1 aliphatic heterocycles. The number of amides is 1. The van der Waals surface area contributed by atoms with Gasteiger partial charge in [0.25, 0.3) is 0 Å². The second kappa shape index (κ2) is 7.42. The van der Waals surface area contributed by atoms with Crippen molar-refractivity contribution in [3.63, 3.8) is 0 Å². The molecule has 1 unspecified atom stereocenters. The second-order valence-corrected chi connectivity index (χ2v) is 5.99. The molecule has 0 aliphatic carbocycles. The van der Waals surface area contributed by atoms with Crippen molar-refractivity contribution in [2.24, 2.45) is 0 Å². The van der Waals surface area contributed by atoms with Crippen LogP contribution < -0.4 is 5.32 Å². The Morgan fingerprint density at radius 3 is 3.05 bits per heavy atom. The number of carbonyl (C=O) groups is 1. The average molecular weight is 318 g/mol. The van der Waals surface area contributed by atoms with E-state index in [0.29, 0.717) is 17.5 Å². The van der Waals surface area contributed by atoms with E-state index in [4.69, 9.17) is 4.74 Å². The summed E-state index contributed by atoms with van der Waals surface area (Å²) >= 11 is 1.38. The van der Waals surface area contributed by atoms with E-state index in [1.54, 1.807) is 6.33 Å². The third-order valence-corrected chi connectivity index (χ3v) is 4.38. The summed E-state index contributed by atoms with van der Waals surface area (Å²) in [6.07, 6.45) is 3.93. The molecule has 1 aliphatic rings. The Morgan fingerprint density at radius 2 is 2.27 bits per heavy atom. The van der Waals surface area contributed by atoms with Crippen molar-refractivity contribution in [1.82, 2.24) is 20.1 Å². The molecule has 1 saturated heterocycles. The lowest BCUT2D eigenvalue weighted by Gasteiger charge is -2.10. The Morgan fingerprint density at radius 1 is 1.41 bits per heavy atom. The van der Waals surface area contributed by atoms with Crippen LogP contribution in [-0.4, -0.2) is 45.7 Å². The van der Waals surface area contributed by atoms with Crippen molar-refractivity contribution >= 4 is 17.7 Å². The van der Waals surface area contributed by atoms with Crippen LogP contribution in [0.5, 0.6) is 0 Å². The Hall–Kier alpha value is -1.86. The average Bonchev–Trinajstić information content (AvgIpc) is 3.23. The molecule has 22 heavy (non-hydrogen) atoms. The molecule has 116 valence electrons. The molecule has 1 N–H and O–H groups in total. The molecule has 2 aromatic rings. The van der Waals surface area contributed by atoms with Crippen molar-refractivity contribution in [2.75, 3.05) is 18.9 Å². The van der Waals surface area contributed by atoms with E-state index in [2.05, 4.69) is 15.5 Å².